The Labute approximate surface area is 260 Å². The van der Waals surface area contributed by atoms with E-state index in [1.54, 1.807) is 55.8 Å². The number of aliphatic hydroxyl groups excluding tert-OH is 1. The number of nitrogens with zero attached hydrogens (tertiary/aromatic N) is 3. The van der Waals surface area contributed by atoms with Gasteiger partial charge in [0.05, 0.1) is 32.4 Å². The molecule has 0 radical (unpaired) electrons. The minimum atomic E-state index is -0.768. The first-order chi connectivity index (χ1) is 21.9. The van der Waals surface area contributed by atoms with Crippen molar-refractivity contribution in [2.24, 2.45) is 0 Å². The maximum Gasteiger partial charge on any atom is 0.325 e. The van der Waals surface area contributed by atoms with Crippen molar-refractivity contribution in [2.75, 3.05) is 58.5 Å². The number of anilines is 1. The lowest BCUT2D eigenvalue weighted by Crippen LogP contribution is -2.46. The molecule has 0 saturated carbocycles. The molecule has 0 spiro atoms. The number of carbonyl (C=O) groups is 2. The van der Waals surface area contributed by atoms with E-state index < -0.39 is 17.8 Å². The van der Waals surface area contributed by atoms with Gasteiger partial charge < -0.3 is 29.5 Å². The van der Waals surface area contributed by atoms with Gasteiger partial charge in [-0.05, 0) is 36.2 Å². The molecule has 4 aromatic rings. The van der Waals surface area contributed by atoms with Crippen molar-refractivity contribution in [3.8, 4) is 23.0 Å². The molecule has 1 aliphatic rings. The number of urea groups is 1. The van der Waals surface area contributed by atoms with Crippen molar-refractivity contribution >= 4 is 28.5 Å². The van der Waals surface area contributed by atoms with E-state index in [2.05, 4.69) is 20.5 Å². The molecule has 3 N–H and O–H groups in total. The van der Waals surface area contributed by atoms with Gasteiger partial charge in [0.2, 0.25) is 5.91 Å². The molecular formula is C33H36FN5O6. The molecule has 5 rings (SSSR count). The van der Waals surface area contributed by atoms with Gasteiger partial charge in [-0.2, -0.15) is 0 Å². The van der Waals surface area contributed by atoms with Gasteiger partial charge in [0, 0.05) is 62.1 Å². The number of aromatic nitrogens is 1. The van der Waals surface area contributed by atoms with Crippen molar-refractivity contribution in [1.82, 2.24) is 20.1 Å². The van der Waals surface area contributed by atoms with Gasteiger partial charge in [-0.25, -0.2) is 9.18 Å². The van der Waals surface area contributed by atoms with Crippen LogP contribution in [-0.4, -0.2) is 85.0 Å². The number of amides is 3. The maximum absolute atomic E-state index is 15.0. The van der Waals surface area contributed by atoms with E-state index in [0.717, 1.165) is 50.8 Å². The van der Waals surface area contributed by atoms with Gasteiger partial charge in [-0.15, -0.1) is 0 Å². The number of pyridine rings is 1. The molecule has 12 heteroatoms. The number of aliphatic hydroxyl groups is 1. The number of piperazine rings is 1. The molecule has 1 aliphatic heterocycles. The lowest BCUT2D eigenvalue weighted by molar-refractivity contribution is -0.119. The largest absolute Gasteiger partial charge is 0.493 e. The summed E-state index contributed by atoms with van der Waals surface area (Å²) >= 11 is 0. The Balaban J connectivity index is 1.18. The van der Waals surface area contributed by atoms with Crippen molar-refractivity contribution < 1.29 is 33.3 Å². The van der Waals surface area contributed by atoms with Crippen LogP contribution in [0.5, 0.6) is 23.0 Å². The zero-order chi connectivity index (χ0) is 31.6. The van der Waals surface area contributed by atoms with Crippen LogP contribution in [0.4, 0.5) is 14.9 Å². The van der Waals surface area contributed by atoms with E-state index in [1.807, 2.05) is 11.0 Å². The van der Waals surface area contributed by atoms with Crippen molar-refractivity contribution in [2.45, 2.75) is 12.8 Å². The summed E-state index contributed by atoms with van der Waals surface area (Å²) < 4.78 is 32.6. The third kappa shape index (κ3) is 8.66. The number of fused-ring (bicyclic) bond motifs is 1. The number of hydrogen-bond acceptors (Lipinski definition) is 9. The van der Waals surface area contributed by atoms with Gasteiger partial charge in [-0.3, -0.25) is 20.0 Å². The van der Waals surface area contributed by atoms with Crippen molar-refractivity contribution in [3.05, 3.63) is 84.3 Å². The quantitative estimate of drug-likeness (QED) is 0.198. The molecular weight excluding hydrogens is 581 g/mol. The summed E-state index contributed by atoms with van der Waals surface area (Å²) in [5.74, 6) is 0.134. The van der Waals surface area contributed by atoms with E-state index in [0.29, 0.717) is 34.8 Å². The highest BCUT2D eigenvalue weighted by molar-refractivity contribution is 6.01. The first-order valence-electron chi connectivity index (χ1n) is 14.7. The number of rotatable bonds is 12. The van der Waals surface area contributed by atoms with Crippen LogP contribution >= 0.6 is 0 Å². The number of hydrogen-bond donors (Lipinski definition) is 3. The van der Waals surface area contributed by atoms with Crippen molar-refractivity contribution in [1.29, 1.82) is 0 Å². The van der Waals surface area contributed by atoms with Crippen LogP contribution < -0.4 is 24.8 Å². The van der Waals surface area contributed by atoms with Crippen LogP contribution in [-0.2, 0) is 11.2 Å². The van der Waals surface area contributed by atoms with Crippen LogP contribution in [0.2, 0.25) is 0 Å². The third-order valence-corrected chi connectivity index (χ3v) is 7.40. The minimum absolute atomic E-state index is 0.0399. The highest BCUT2D eigenvalue weighted by atomic mass is 19.1. The predicted molar refractivity (Wildman–Crippen MR) is 167 cm³/mol. The smallest absolute Gasteiger partial charge is 0.325 e. The first kappa shape index (κ1) is 31.6. The normalized spacial score (nSPS) is 13.8. The van der Waals surface area contributed by atoms with E-state index in [9.17, 15) is 14.7 Å². The molecule has 0 bridgehead atoms. The number of benzene rings is 3. The predicted octanol–water partition coefficient (Wildman–Crippen LogP) is 4.40. The Morgan fingerprint density at radius 1 is 0.933 bits per heavy atom. The zero-order valence-electron chi connectivity index (χ0n) is 25.0. The second kappa shape index (κ2) is 15.3. The lowest BCUT2D eigenvalue weighted by atomic mass is 10.1. The number of ether oxygens (including phenoxy) is 3. The zero-order valence-corrected chi connectivity index (χ0v) is 25.0. The molecule has 3 amide bonds. The Bertz CT molecular complexity index is 1610. The second-order valence-corrected chi connectivity index (χ2v) is 10.5. The van der Waals surface area contributed by atoms with Gasteiger partial charge in [-0.1, -0.05) is 30.3 Å². The number of carbonyl (C=O) groups excluding carboxylic acids is 2. The standard InChI is InChI=1S/C33H36FN5O6/c1-43-30-20-25-27(21-31(30)44-17-5-12-38-13-15-39(22-40)16-14-38)35-11-10-28(25)45-29-9-8-24(19-26(29)34)36-33(42)37-32(41)18-23-6-3-2-4-7-23/h2-4,6-11,19-21,40H,5,12-18,22H2,1H3,(H2,36,37,41,42). The average Bonchev–Trinajstić information content (AvgIpc) is 3.04. The topological polar surface area (TPSA) is 125 Å². The monoisotopic (exact) mass is 617 g/mol. The highest BCUT2D eigenvalue weighted by Gasteiger charge is 2.17. The summed E-state index contributed by atoms with van der Waals surface area (Å²) in [7, 11) is 1.54. The number of halogens is 1. The SMILES string of the molecule is COc1cc2c(Oc3ccc(NC(=O)NC(=O)Cc4ccccc4)cc3F)ccnc2cc1OCCCN1CCN(CO)CC1. The van der Waals surface area contributed by atoms with E-state index in [4.69, 9.17) is 14.2 Å². The molecule has 1 aromatic heterocycles. The third-order valence-electron chi connectivity index (χ3n) is 7.40. The molecule has 3 aromatic carbocycles. The molecule has 11 nitrogen and oxygen atoms in total. The van der Waals surface area contributed by atoms with Gasteiger partial charge in [0.1, 0.15) is 5.75 Å². The van der Waals surface area contributed by atoms with Gasteiger partial charge in [0.25, 0.3) is 0 Å². The Morgan fingerprint density at radius 3 is 2.44 bits per heavy atom. The van der Waals surface area contributed by atoms with Crippen LogP contribution in [0, 0.1) is 5.82 Å². The summed E-state index contributed by atoms with van der Waals surface area (Å²) in [6.07, 6.45) is 2.43. The van der Waals surface area contributed by atoms with Crippen molar-refractivity contribution in [3.63, 3.8) is 0 Å². The number of nitrogens with one attached hydrogen (secondary N) is 2. The second-order valence-electron chi connectivity index (χ2n) is 10.5. The number of methoxy groups -OCH3 is 1. The molecule has 0 unspecified atom stereocenters. The molecule has 0 atom stereocenters. The number of imide groups is 1. The van der Waals surface area contributed by atoms with Crippen LogP contribution in [0.1, 0.15) is 12.0 Å². The van der Waals surface area contributed by atoms with Crippen LogP contribution in [0.15, 0.2) is 72.9 Å². The molecule has 0 aliphatic carbocycles. The fraction of sp³-hybridized carbons (Fsp3) is 0.303. The summed E-state index contributed by atoms with van der Waals surface area (Å²) in [5.41, 5.74) is 1.50. The fourth-order valence-corrected chi connectivity index (χ4v) is 5.01. The van der Waals surface area contributed by atoms with E-state index in [1.165, 1.54) is 12.1 Å². The Morgan fingerprint density at radius 2 is 1.71 bits per heavy atom. The van der Waals surface area contributed by atoms with Crippen LogP contribution in [0.3, 0.4) is 0 Å². The lowest BCUT2D eigenvalue weighted by Gasteiger charge is -2.33. The highest BCUT2D eigenvalue weighted by Crippen LogP contribution is 2.38. The fourth-order valence-electron chi connectivity index (χ4n) is 5.01. The minimum Gasteiger partial charge on any atom is -0.493 e. The summed E-state index contributed by atoms with van der Waals surface area (Å²) in [6, 6.07) is 17.4. The van der Waals surface area contributed by atoms with Gasteiger partial charge in [0.15, 0.2) is 23.1 Å². The Hall–Kier alpha value is -4.78. The van der Waals surface area contributed by atoms with Gasteiger partial charge >= 0.3 is 6.03 Å². The maximum atomic E-state index is 15.0. The first-order valence-corrected chi connectivity index (χ1v) is 14.7. The summed E-state index contributed by atoms with van der Waals surface area (Å²) in [4.78, 5) is 33.2. The summed E-state index contributed by atoms with van der Waals surface area (Å²) in [6.45, 7) is 5.01. The Kier molecular flexibility index (Phi) is 10.7. The molecule has 236 valence electrons. The van der Waals surface area contributed by atoms with E-state index in [-0.39, 0.29) is 24.6 Å². The average molecular weight is 618 g/mol. The molecule has 45 heavy (non-hydrogen) atoms. The van der Waals surface area contributed by atoms with Crippen LogP contribution in [0.25, 0.3) is 10.9 Å². The van der Waals surface area contributed by atoms with E-state index >= 15 is 4.39 Å². The summed E-state index contributed by atoms with van der Waals surface area (Å²) in [5, 5.41) is 14.6. The molecule has 2 heterocycles. The molecule has 1 fully saturated rings. The molecule has 1 saturated heterocycles.